The minimum absolute atomic E-state index is 0. The SMILES string of the molecule is CCNC(=NCc1ccc(C(N)=O)cc1)NCC(CC)CC.I. The number of carbonyl (C=O) groups excluding carboxylic acids is 1. The number of halogens is 1. The third kappa shape index (κ3) is 8.20. The lowest BCUT2D eigenvalue weighted by Crippen LogP contribution is -2.39. The van der Waals surface area contributed by atoms with Gasteiger partial charge in [-0.2, -0.15) is 0 Å². The van der Waals surface area contributed by atoms with Crippen molar-refractivity contribution in [2.24, 2.45) is 16.6 Å². The predicted octanol–water partition coefficient (Wildman–Crippen LogP) is 2.89. The van der Waals surface area contributed by atoms with Crippen molar-refractivity contribution in [3.8, 4) is 0 Å². The number of amides is 1. The Kier molecular flexibility index (Phi) is 11.5. The third-order valence-electron chi connectivity index (χ3n) is 3.72. The van der Waals surface area contributed by atoms with Crippen molar-refractivity contribution >= 4 is 35.8 Å². The molecule has 0 fully saturated rings. The van der Waals surface area contributed by atoms with Gasteiger partial charge in [-0.15, -0.1) is 24.0 Å². The molecule has 0 aliphatic rings. The maximum Gasteiger partial charge on any atom is 0.248 e. The fourth-order valence-corrected chi connectivity index (χ4v) is 2.10. The molecule has 1 amide bonds. The highest BCUT2D eigenvalue weighted by molar-refractivity contribution is 14.0. The van der Waals surface area contributed by atoms with Crippen LogP contribution in [0.5, 0.6) is 0 Å². The van der Waals surface area contributed by atoms with Gasteiger partial charge in [-0.3, -0.25) is 4.79 Å². The van der Waals surface area contributed by atoms with Gasteiger partial charge in [0, 0.05) is 18.7 Å². The number of nitrogens with zero attached hydrogens (tertiary/aromatic N) is 1. The van der Waals surface area contributed by atoms with Crippen LogP contribution in [-0.2, 0) is 6.54 Å². The van der Waals surface area contributed by atoms with E-state index in [2.05, 4.69) is 36.4 Å². The summed E-state index contributed by atoms with van der Waals surface area (Å²) in [5.74, 6) is 1.09. The lowest BCUT2D eigenvalue weighted by molar-refractivity contribution is 0.100. The average Bonchev–Trinajstić information content (AvgIpc) is 2.53. The number of nitrogens with two attached hydrogens (primary N) is 1. The van der Waals surface area contributed by atoms with E-state index in [0.717, 1.165) is 37.5 Å². The van der Waals surface area contributed by atoms with Gasteiger partial charge in [-0.05, 0) is 30.5 Å². The van der Waals surface area contributed by atoms with Crippen LogP contribution in [0.2, 0.25) is 0 Å². The van der Waals surface area contributed by atoms with Crippen LogP contribution in [0.4, 0.5) is 0 Å². The monoisotopic (exact) mass is 432 g/mol. The van der Waals surface area contributed by atoms with Crippen LogP contribution < -0.4 is 16.4 Å². The Labute approximate surface area is 156 Å². The largest absolute Gasteiger partial charge is 0.366 e. The third-order valence-corrected chi connectivity index (χ3v) is 3.72. The zero-order valence-electron chi connectivity index (χ0n) is 14.3. The molecule has 0 bridgehead atoms. The molecule has 0 aliphatic heterocycles. The van der Waals surface area contributed by atoms with Crippen LogP contribution in [0.1, 0.15) is 49.5 Å². The van der Waals surface area contributed by atoms with Crippen LogP contribution in [0, 0.1) is 5.92 Å². The van der Waals surface area contributed by atoms with Gasteiger partial charge < -0.3 is 16.4 Å². The highest BCUT2D eigenvalue weighted by Gasteiger charge is 2.05. The summed E-state index contributed by atoms with van der Waals surface area (Å²) in [7, 11) is 0. The van der Waals surface area contributed by atoms with Crippen LogP contribution in [0.25, 0.3) is 0 Å². The molecule has 6 heteroatoms. The molecule has 23 heavy (non-hydrogen) atoms. The van der Waals surface area contributed by atoms with Crippen molar-refractivity contribution in [3.05, 3.63) is 35.4 Å². The van der Waals surface area contributed by atoms with Gasteiger partial charge in [0.2, 0.25) is 5.91 Å². The summed E-state index contributed by atoms with van der Waals surface area (Å²) in [6, 6.07) is 7.23. The maximum absolute atomic E-state index is 11.0. The molecule has 0 saturated carbocycles. The van der Waals surface area contributed by atoms with E-state index in [9.17, 15) is 4.79 Å². The maximum atomic E-state index is 11.0. The van der Waals surface area contributed by atoms with E-state index in [1.54, 1.807) is 12.1 Å². The number of hydrogen-bond donors (Lipinski definition) is 3. The number of hydrogen-bond acceptors (Lipinski definition) is 2. The molecule has 0 aliphatic carbocycles. The Hall–Kier alpha value is -1.31. The Balaban J connectivity index is 0.00000484. The Morgan fingerprint density at radius 3 is 2.22 bits per heavy atom. The lowest BCUT2D eigenvalue weighted by atomic mass is 10.0. The van der Waals surface area contributed by atoms with Gasteiger partial charge in [0.25, 0.3) is 0 Å². The van der Waals surface area contributed by atoms with Crippen molar-refractivity contribution in [2.75, 3.05) is 13.1 Å². The molecular weight excluding hydrogens is 403 g/mol. The van der Waals surface area contributed by atoms with Crippen molar-refractivity contribution in [3.63, 3.8) is 0 Å². The van der Waals surface area contributed by atoms with Crippen LogP contribution in [-0.4, -0.2) is 25.0 Å². The van der Waals surface area contributed by atoms with Crippen molar-refractivity contribution in [1.29, 1.82) is 0 Å². The van der Waals surface area contributed by atoms with Gasteiger partial charge in [-0.1, -0.05) is 38.8 Å². The smallest absolute Gasteiger partial charge is 0.248 e. The average molecular weight is 432 g/mol. The normalized spacial score (nSPS) is 11.0. The first-order valence-corrected chi connectivity index (χ1v) is 8.01. The molecule has 5 nitrogen and oxygen atoms in total. The summed E-state index contributed by atoms with van der Waals surface area (Å²) in [5.41, 5.74) is 6.80. The molecule has 0 spiro atoms. The molecule has 0 aromatic heterocycles. The fourth-order valence-electron chi connectivity index (χ4n) is 2.10. The molecule has 0 saturated heterocycles. The van der Waals surface area contributed by atoms with Crippen LogP contribution in [0.15, 0.2) is 29.3 Å². The standard InChI is InChI=1S/C17H28N4O.HI/c1-4-13(5-2)11-20-17(19-6-3)21-12-14-7-9-15(10-8-14)16(18)22;/h7-10,13H,4-6,11-12H2,1-3H3,(H2,18,22)(H2,19,20,21);1H. The predicted molar refractivity (Wildman–Crippen MR) is 107 cm³/mol. The summed E-state index contributed by atoms with van der Waals surface area (Å²) >= 11 is 0. The Morgan fingerprint density at radius 2 is 1.74 bits per heavy atom. The number of rotatable bonds is 8. The van der Waals surface area contributed by atoms with Crippen molar-refractivity contribution < 1.29 is 4.79 Å². The number of benzene rings is 1. The molecule has 0 heterocycles. The molecule has 0 radical (unpaired) electrons. The number of primary amides is 1. The van der Waals surface area contributed by atoms with E-state index < -0.39 is 5.91 Å². The fraction of sp³-hybridized carbons (Fsp3) is 0.529. The minimum atomic E-state index is -0.407. The molecule has 130 valence electrons. The zero-order chi connectivity index (χ0) is 16.4. The van der Waals surface area contributed by atoms with E-state index in [1.807, 2.05) is 12.1 Å². The second kappa shape index (κ2) is 12.2. The molecule has 4 N–H and O–H groups in total. The first-order chi connectivity index (χ1) is 10.6. The summed E-state index contributed by atoms with van der Waals surface area (Å²) in [6.07, 6.45) is 2.33. The highest BCUT2D eigenvalue weighted by atomic mass is 127. The Bertz CT molecular complexity index is 484. The van der Waals surface area contributed by atoms with Crippen LogP contribution in [0.3, 0.4) is 0 Å². The van der Waals surface area contributed by atoms with E-state index in [0.29, 0.717) is 18.0 Å². The second-order valence-electron chi connectivity index (χ2n) is 5.32. The second-order valence-corrected chi connectivity index (χ2v) is 5.32. The van der Waals surface area contributed by atoms with Gasteiger partial charge in [0.15, 0.2) is 5.96 Å². The van der Waals surface area contributed by atoms with Crippen molar-refractivity contribution in [2.45, 2.75) is 40.2 Å². The summed E-state index contributed by atoms with van der Waals surface area (Å²) < 4.78 is 0. The quantitative estimate of drug-likeness (QED) is 0.336. The molecule has 0 unspecified atom stereocenters. The molecular formula is C17H29IN4O. The van der Waals surface area contributed by atoms with Gasteiger partial charge in [-0.25, -0.2) is 4.99 Å². The molecule has 1 aromatic rings. The molecule has 0 atom stereocenters. The number of nitrogens with one attached hydrogen (secondary N) is 2. The van der Waals surface area contributed by atoms with E-state index >= 15 is 0 Å². The van der Waals surface area contributed by atoms with Gasteiger partial charge >= 0.3 is 0 Å². The van der Waals surface area contributed by atoms with Gasteiger partial charge in [0.1, 0.15) is 0 Å². The summed E-state index contributed by atoms with van der Waals surface area (Å²) in [6.45, 7) is 8.79. The highest BCUT2D eigenvalue weighted by Crippen LogP contribution is 2.06. The molecule has 1 rings (SSSR count). The number of aliphatic imine (C=N–C) groups is 1. The lowest BCUT2D eigenvalue weighted by Gasteiger charge is -2.16. The molecule has 1 aromatic carbocycles. The Morgan fingerprint density at radius 1 is 1.13 bits per heavy atom. The van der Waals surface area contributed by atoms with Gasteiger partial charge in [0.05, 0.1) is 6.54 Å². The summed E-state index contributed by atoms with van der Waals surface area (Å²) in [4.78, 5) is 15.6. The zero-order valence-corrected chi connectivity index (χ0v) is 16.6. The van der Waals surface area contributed by atoms with E-state index in [1.165, 1.54) is 0 Å². The van der Waals surface area contributed by atoms with E-state index in [-0.39, 0.29) is 24.0 Å². The minimum Gasteiger partial charge on any atom is -0.366 e. The van der Waals surface area contributed by atoms with Crippen molar-refractivity contribution in [1.82, 2.24) is 10.6 Å². The first kappa shape index (κ1) is 21.7. The number of guanidine groups is 1. The number of carbonyl (C=O) groups is 1. The summed E-state index contributed by atoms with van der Waals surface area (Å²) in [5, 5.41) is 6.64. The topological polar surface area (TPSA) is 79.5 Å². The first-order valence-electron chi connectivity index (χ1n) is 8.01. The van der Waals surface area contributed by atoms with E-state index in [4.69, 9.17) is 5.73 Å². The van der Waals surface area contributed by atoms with Crippen LogP contribution >= 0.6 is 24.0 Å².